The van der Waals surface area contributed by atoms with Gasteiger partial charge in [0.25, 0.3) is 5.91 Å². The molecule has 2 aromatic rings. The highest BCUT2D eigenvalue weighted by molar-refractivity contribution is 5.75. The van der Waals surface area contributed by atoms with Crippen LogP contribution in [0.25, 0.3) is 11.4 Å². The van der Waals surface area contributed by atoms with Crippen molar-refractivity contribution in [3.8, 4) is 17.1 Å². The van der Waals surface area contributed by atoms with E-state index in [1.54, 1.807) is 18.2 Å². The summed E-state index contributed by atoms with van der Waals surface area (Å²) in [5, 5.41) is 3.75. The van der Waals surface area contributed by atoms with E-state index in [4.69, 9.17) is 10.5 Å². The summed E-state index contributed by atoms with van der Waals surface area (Å²) in [5.74, 6) is -0.0564. The molecule has 0 bridgehead atoms. The molecule has 22 heavy (non-hydrogen) atoms. The second-order valence-electron chi connectivity index (χ2n) is 4.54. The van der Waals surface area contributed by atoms with Gasteiger partial charge in [-0.3, -0.25) is 4.79 Å². The third kappa shape index (κ3) is 4.21. The largest absolute Gasteiger partial charge is 0.484 e. The van der Waals surface area contributed by atoms with Crippen molar-refractivity contribution in [3.63, 3.8) is 0 Å². The van der Waals surface area contributed by atoms with Gasteiger partial charge in [-0.15, -0.1) is 0 Å². The number of aryl methyl sites for hydroxylation is 1. The van der Waals surface area contributed by atoms with E-state index in [1.165, 1.54) is 13.0 Å². The van der Waals surface area contributed by atoms with Crippen molar-refractivity contribution in [1.29, 1.82) is 0 Å². The molecule has 0 aliphatic carbocycles. The lowest BCUT2D eigenvalue weighted by Gasteiger charge is -2.10. The number of primary amides is 1. The predicted molar refractivity (Wildman–Crippen MR) is 70.9 cm³/mol. The fourth-order valence-electron chi connectivity index (χ4n) is 1.83. The zero-order valence-corrected chi connectivity index (χ0v) is 11.6. The molecule has 118 valence electrons. The quantitative estimate of drug-likeness (QED) is 0.910. The molecule has 0 aliphatic heterocycles. The minimum Gasteiger partial charge on any atom is -0.484 e. The SMILES string of the molecule is Cc1nc(-c2cccc(OCC(N)=O)c2)n(CC(F)(F)F)n1. The number of alkyl halides is 3. The van der Waals surface area contributed by atoms with Crippen molar-refractivity contribution >= 4 is 5.91 Å². The van der Waals surface area contributed by atoms with Crippen molar-refractivity contribution in [2.24, 2.45) is 5.73 Å². The molecule has 0 fully saturated rings. The number of halogens is 3. The maximum absolute atomic E-state index is 12.6. The van der Waals surface area contributed by atoms with Crippen LogP contribution < -0.4 is 10.5 Å². The van der Waals surface area contributed by atoms with Crippen molar-refractivity contribution in [2.45, 2.75) is 19.6 Å². The van der Waals surface area contributed by atoms with E-state index >= 15 is 0 Å². The molecule has 2 N–H and O–H groups in total. The topological polar surface area (TPSA) is 83.0 Å². The van der Waals surface area contributed by atoms with Gasteiger partial charge in [0.05, 0.1) is 0 Å². The van der Waals surface area contributed by atoms with Crippen LogP contribution >= 0.6 is 0 Å². The van der Waals surface area contributed by atoms with Gasteiger partial charge < -0.3 is 10.5 Å². The summed E-state index contributed by atoms with van der Waals surface area (Å²) in [6.45, 7) is -0.0585. The van der Waals surface area contributed by atoms with Crippen LogP contribution in [0.2, 0.25) is 0 Å². The van der Waals surface area contributed by atoms with Crippen molar-refractivity contribution < 1.29 is 22.7 Å². The molecule has 6 nitrogen and oxygen atoms in total. The van der Waals surface area contributed by atoms with Crippen LogP contribution in [0.4, 0.5) is 13.2 Å². The molecular weight excluding hydrogens is 301 g/mol. The minimum absolute atomic E-state index is 0.0688. The number of rotatable bonds is 5. The molecule has 0 aliphatic rings. The Kier molecular flexibility index (Phi) is 4.34. The monoisotopic (exact) mass is 314 g/mol. The number of amides is 1. The zero-order valence-electron chi connectivity index (χ0n) is 11.6. The number of carbonyl (C=O) groups is 1. The number of aromatic nitrogens is 3. The highest BCUT2D eigenvalue weighted by Gasteiger charge is 2.30. The minimum atomic E-state index is -4.41. The van der Waals surface area contributed by atoms with E-state index in [9.17, 15) is 18.0 Å². The van der Waals surface area contributed by atoms with Crippen molar-refractivity contribution in [2.75, 3.05) is 6.61 Å². The van der Waals surface area contributed by atoms with Crippen molar-refractivity contribution in [3.05, 3.63) is 30.1 Å². The number of carbonyl (C=O) groups excluding carboxylic acids is 1. The first-order valence-electron chi connectivity index (χ1n) is 6.24. The maximum Gasteiger partial charge on any atom is 0.408 e. The average molecular weight is 314 g/mol. The van der Waals surface area contributed by atoms with Gasteiger partial charge in [0, 0.05) is 5.56 Å². The fraction of sp³-hybridized carbons (Fsp3) is 0.308. The number of hydrogen-bond acceptors (Lipinski definition) is 4. The third-order valence-corrected chi connectivity index (χ3v) is 2.58. The number of hydrogen-bond donors (Lipinski definition) is 1. The maximum atomic E-state index is 12.6. The van der Waals surface area contributed by atoms with E-state index < -0.39 is 18.6 Å². The van der Waals surface area contributed by atoms with Gasteiger partial charge in [0.15, 0.2) is 12.4 Å². The Balaban J connectivity index is 2.31. The molecule has 1 aromatic carbocycles. The first kappa shape index (κ1) is 15.8. The standard InChI is InChI=1S/C13H13F3N4O2/c1-8-18-12(20(19-8)7-13(14,15)16)9-3-2-4-10(5-9)22-6-11(17)21/h2-5H,6-7H2,1H3,(H2,17,21). The summed E-state index contributed by atoms with van der Waals surface area (Å²) in [4.78, 5) is 14.7. The second kappa shape index (κ2) is 6.04. The molecule has 0 saturated heterocycles. The van der Waals surface area contributed by atoms with E-state index in [0.717, 1.165) is 4.68 Å². The van der Waals surface area contributed by atoms with Gasteiger partial charge in [-0.1, -0.05) is 12.1 Å². The van der Waals surface area contributed by atoms with Crippen LogP contribution in [-0.2, 0) is 11.3 Å². The fourth-order valence-corrected chi connectivity index (χ4v) is 1.83. The van der Waals surface area contributed by atoms with Gasteiger partial charge >= 0.3 is 6.18 Å². The molecule has 1 amide bonds. The Morgan fingerprint density at radius 3 is 2.77 bits per heavy atom. The van der Waals surface area contributed by atoms with Crippen LogP contribution in [0.5, 0.6) is 5.75 Å². The van der Waals surface area contributed by atoms with E-state index in [1.807, 2.05) is 0 Å². The molecule has 0 spiro atoms. The second-order valence-corrected chi connectivity index (χ2v) is 4.54. The molecule has 0 atom stereocenters. The summed E-state index contributed by atoms with van der Waals surface area (Å²) in [7, 11) is 0. The zero-order chi connectivity index (χ0) is 16.3. The van der Waals surface area contributed by atoms with Gasteiger partial charge in [-0.05, 0) is 19.1 Å². The molecule has 1 heterocycles. The predicted octanol–water partition coefficient (Wildman–Crippen LogP) is 1.68. The van der Waals surface area contributed by atoms with E-state index in [2.05, 4.69) is 10.1 Å². The third-order valence-electron chi connectivity index (χ3n) is 2.58. The van der Waals surface area contributed by atoms with Gasteiger partial charge in [0.2, 0.25) is 0 Å². The number of nitrogens with two attached hydrogens (primary N) is 1. The number of ether oxygens (including phenoxy) is 1. The van der Waals surface area contributed by atoms with Crippen LogP contribution in [-0.4, -0.2) is 33.5 Å². The van der Waals surface area contributed by atoms with Crippen LogP contribution in [0.1, 0.15) is 5.82 Å². The Morgan fingerprint density at radius 2 is 2.14 bits per heavy atom. The lowest BCUT2D eigenvalue weighted by atomic mass is 10.2. The first-order chi connectivity index (χ1) is 10.2. The van der Waals surface area contributed by atoms with Crippen LogP contribution in [0.3, 0.4) is 0 Å². The smallest absolute Gasteiger partial charge is 0.408 e. The van der Waals surface area contributed by atoms with Crippen LogP contribution in [0.15, 0.2) is 24.3 Å². The number of benzene rings is 1. The van der Waals surface area contributed by atoms with Crippen LogP contribution in [0, 0.1) is 6.92 Å². The summed E-state index contributed by atoms with van der Waals surface area (Å²) in [5.41, 5.74) is 5.37. The lowest BCUT2D eigenvalue weighted by Crippen LogP contribution is -2.20. The highest BCUT2D eigenvalue weighted by Crippen LogP contribution is 2.25. The Bertz CT molecular complexity index is 682. The first-order valence-corrected chi connectivity index (χ1v) is 6.24. The highest BCUT2D eigenvalue weighted by atomic mass is 19.4. The molecule has 0 unspecified atom stereocenters. The lowest BCUT2D eigenvalue weighted by molar-refractivity contribution is -0.142. The molecule has 0 saturated carbocycles. The molecule has 9 heteroatoms. The Hall–Kier alpha value is -2.58. The summed E-state index contributed by atoms with van der Waals surface area (Å²) >= 11 is 0. The molecular formula is C13H13F3N4O2. The molecule has 2 rings (SSSR count). The Labute approximate surface area is 123 Å². The van der Waals surface area contributed by atoms with Gasteiger partial charge in [-0.2, -0.15) is 18.3 Å². The summed E-state index contributed by atoms with van der Waals surface area (Å²) in [6.07, 6.45) is -4.41. The van der Waals surface area contributed by atoms with E-state index in [0.29, 0.717) is 11.3 Å². The van der Waals surface area contributed by atoms with Crippen molar-refractivity contribution in [1.82, 2.24) is 14.8 Å². The number of nitrogens with zero attached hydrogens (tertiary/aromatic N) is 3. The molecule has 0 radical (unpaired) electrons. The van der Waals surface area contributed by atoms with Gasteiger partial charge in [-0.25, -0.2) is 9.67 Å². The summed E-state index contributed by atoms with van der Waals surface area (Å²) in [6, 6.07) is 6.18. The Morgan fingerprint density at radius 1 is 1.41 bits per heavy atom. The van der Waals surface area contributed by atoms with E-state index in [-0.39, 0.29) is 18.3 Å². The average Bonchev–Trinajstić information content (AvgIpc) is 2.75. The normalized spacial score (nSPS) is 11.5. The summed E-state index contributed by atoms with van der Waals surface area (Å²) < 4.78 is 43.6. The molecule has 1 aromatic heterocycles. The van der Waals surface area contributed by atoms with Gasteiger partial charge in [0.1, 0.15) is 18.1 Å².